The number of nitrogens with zero attached hydrogens (tertiary/aromatic N) is 4. The lowest BCUT2D eigenvalue weighted by molar-refractivity contribution is 0.0938. The van der Waals surface area contributed by atoms with Gasteiger partial charge in [-0.25, -0.2) is 4.98 Å². The number of hydrogen-bond donors (Lipinski definition) is 1. The van der Waals surface area contributed by atoms with Gasteiger partial charge in [0.15, 0.2) is 0 Å². The summed E-state index contributed by atoms with van der Waals surface area (Å²) in [4.78, 5) is 19.0. The lowest BCUT2D eigenvalue weighted by Gasteiger charge is -2.21. The van der Waals surface area contributed by atoms with Crippen molar-refractivity contribution < 1.29 is 9.53 Å². The highest BCUT2D eigenvalue weighted by atomic mass is 32.1. The van der Waals surface area contributed by atoms with Gasteiger partial charge in [-0.15, -0.1) is 11.3 Å². The maximum absolute atomic E-state index is 12.2. The largest absolute Gasteiger partial charge is 0.383 e. The van der Waals surface area contributed by atoms with Crippen molar-refractivity contribution in [3.63, 3.8) is 0 Å². The molecule has 2 aromatic rings. The van der Waals surface area contributed by atoms with E-state index in [1.54, 1.807) is 23.4 Å². The van der Waals surface area contributed by atoms with E-state index in [1.807, 2.05) is 13.2 Å². The quantitative estimate of drug-likeness (QED) is 0.741. The first-order chi connectivity index (χ1) is 11.7. The zero-order valence-electron chi connectivity index (χ0n) is 14.1. The maximum Gasteiger partial charge on any atom is 0.270 e. The van der Waals surface area contributed by atoms with Crippen LogP contribution in [0.25, 0.3) is 10.6 Å². The van der Waals surface area contributed by atoms with Crippen molar-refractivity contribution in [2.45, 2.75) is 18.9 Å². The van der Waals surface area contributed by atoms with Gasteiger partial charge in [0.05, 0.1) is 12.8 Å². The third-order valence-corrected chi connectivity index (χ3v) is 4.91. The minimum atomic E-state index is -0.121. The Balaban J connectivity index is 1.49. The molecule has 0 aliphatic heterocycles. The molecule has 1 saturated carbocycles. The molecule has 2 heterocycles. The fraction of sp³-hybridized carbons (Fsp3) is 0.562. The molecule has 0 unspecified atom stereocenters. The number of methoxy groups -OCH3 is 1. The number of ether oxygens (including phenoxy) is 1. The Morgan fingerprint density at radius 1 is 1.50 bits per heavy atom. The van der Waals surface area contributed by atoms with Crippen LogP contribution in [0.2, 0.25) is 0 Å². The molecule has 1 aliphatic carbocycles. The molecule has 24 heavy (non-hydrogen) atoms. The van der Waals surface area contributed by atoms with Gasteiger partial charge in [0.2, 0.25) is 0 Å². The number of aromatic nitrogens is 3. The molecule has 7 nitrogen and oxygen atoms in total. The maximum atomic E-state index is 12.2. The number of aryl methyl sites for hydroxylation is 1. The van der Waals surface area contributed by atoms with Crippen LogP contribution in [0.4, 0.5) is 0 Å². The Bertz CT molecular complexity index is 680. The van der Waals surface area contributed by atoms with Crippen LogP contribution in [-0.2, 0) is 11.8 Å². The van der Waals surface area contributed by atoms with Crippen molar-refractivity contribution in [3.05, 3.63) is 23.5 Å². The Morgan fingerprint density at radius 2 is 2.33 bits per heavy atom. The van der Waals surface area contributed by atoms with Crippen molar-refractivity contribution in [3.8, 4) is 10.6 Å². The molecule has 1 fully saturated rings. The number of amides is 1. The smallest absolute Gasteiger partial charge is 0.270 e. The number of carbonyl (C=O) groups is 1. The van der Waals surface area contributed by atoms with Crippen LogP contribution in [0.5, 0.6) is 0 Å². The third-order valence-electron chi connectivity index (χ3n) is 4.02. The molecule has 3 rings (SSSR count). The molecule has 0 spiro atoms. The van der Waals surface area contributed by atoms with E-state index in [4.69, 9.17) is 4.74 Å². The SMILES string of the molecule is COCCN(CCNC(=O)c1csc(-c2cnn(C)c2)n1)C1CC1. The highest BCUT2D eigenvalue weighted by Crippen LogP contribution is 2.26. The molecule has 0 aromatic carbocycles. The Kier molecular flexibility index (Phi) is 5.60. The van der Waals surface area contributed by atoms with E-state index in [2.05, 4.69) is 20.3 Å². The highest BCUT2D eigenvalue weighted by molar-refractivity contribution is 7.13. The van der Waals surface area contributed by atoms with E-state index in [-0.39, 0.29) is 5.91 Å². The second-order valence-corrected chi connectivity index (χ2v) is 6.81. The third kappa shape index (κ3) is 4.40. The number of rotatable bonds is 9. The Morgan fingerprint density at radius 3 is 3.00 bits per heavy atom. The van der Waals surface area contributed by atoms with Gasteiger partial charge < -0.3 is 10.1 Å². The van der Waals surface area contributed by atoms with E-state index in [1.165, 1.54) is 24.2 Å². The summed E-state index contributed by atoms with van der Waals surface area (Å²) in [5.41, 5.74) is 1.40. The minimum absolute atomic E-state index is 0.121. The summed E-state index contributed by atoms with van der Waals surface area (Å²) < 4.78 is 6.87. The molecule has 1 aliphatic rings. The first-order valence-corrected chi connectivity index (χ1v) is 9.01. The van der Waals surface area contributed by atoms with Crippen LogP contribution in [0, 0.1) is 0 Å². The van der Waals surface area contributed by atoms with Gasteiger partial charge in [0.1, 0.15) is 10.7 Å². The van der Waals surface area contributed by atoms with Crippen molar-refractivity contribution in [2.75, 3.05) is 33.4 Å². The van der Waals surface area contributed by atoms with Gasteiger partial charge in [-0.2, -0.15) is 5.10 Å². The van der Waals surface area contributed by atoms with Crippen molar-refractivity contribution in [1.82, 2.24) is 25.0 Å². The average molecular weight is 349 g/mol. The van der Waals surface area contributed by atoms with Crippen molar-refractivity contribution in [2.24, 2.45) is 7.05 Å². The van der Waals surface area contributed by atoms with Gasteiger partial charge in [-0.3, -0.25) is 14.4 Å². The summed E-state index contributed by atoms with van der Waals surface area (Å²) >= 11 is 1.46. The summed E-state index contributed by atoms with van der Waals surface area (Å²) in [7, 11) is 3.58. The predicted octanol–water partition coefficient (Wildman–Crippen LogP) is 1.38. The van der Waals surface area contributed by atoms with Gasteiger partial charge in [0, 0.05) is 57.0 Å². The molecule has 0 saturated heterocycles. The summed E-state index contributed by atoms with van der Waals surface area (Å²) in [6, 6.07) is 0.661. The Labute approximate surface area is 145 Å². The van der Waals surface area contributed by atoms with Crippen LogP contribution in [-0.4, -0.2) is 65.0 Å². The predicted molar refractivity (Wildman–Crippen MR) is 93.1 cm³/mol. The van der Waals surface area contributed by atoms with E-state index in [0.29, 0.717) is 18.3 Å². The van der Waals surface area contributed by atoms with Crippen LogP contribution in [0.15, 0.2) is 17.8 Å². The van der Waals surface area contributed by atoms with Crippen LogP contribution < -0.4 is 5.32 Å². The standard InChI is InChI=1S/C16H23N5O2S/c1-20-10-12(9-18-20)16-19-14(11-24-16)15(22)17-5-6-21(7-8-23-2)13-3-4-13/h9-11,13H,3-8H2,1-2H3,(H,17,22). The molecule has 1 N–H and O–H groups in total. The number of thiazole rings is 1. The normalized spacial score (nSPS) is 14.3. The molecular formula is C16H23N5O2S. The minimum Gasteiger partial charge on any atom is -0.383 e. The van der Waals surface area contributed by atoms with E-state index >= 15 is 0 Å². The van der Waals surface area contributed by atoms with Gasteiger partial charge in [-0.05, 0) is 12.8 Å². The molecule has 130 valence electrons. The first-order valence-electron chi connectivity index (χ1n) is 8.13. The second kappa shape index (κ2) is 7.87. The van der Waals surface area contributed by atoms with Crippen LogP contribution >= 0.6 is 11.3 Å². The fourth-order valence-corrected chi connectivity index (χ4v) is 3.35. The topological polar surface area (TPSA) is 72.3 Å². The zero-order valence-corrected chi connectivity index (χ0v) is 14.9. The lowest BCUT2D eigenvalue weighted by atomic mass is 10.3. The molecule has 0 radical (unpaired) electrons. The molecule has 8 heteroatoms. The lowest BCUT2D eigenvalue weighted by Crippen LogP contribution is -2.37. The van der Waals surface area contributed by atoms with Crippen LogP contribution in [0.3, 0.4) is 0 Å². The molecule has 0 atom stereocenters. The molecule has 1 amide bonds. The molecule has 0 bridgehead atoms. The summed E-state index contributed by atoms with van der Waals surface area (Å²) in [6.07, 6.45) is 6.14. The van der Waals surface area contributed by atoms with E-state index in [9.17, 15) is 4.79 Å². The molecular weight excluding hydrogens is 326 g/mol. The summed E-state index contributed by atoms with van der Waals surface area (Å²) in [5, 5.41) is 9.70. The monoisotopic (exact) mass is 349 g/mol. The number of carbonyl (C=O) groups excluding carboxylic acids is 1. The van der Waals surface area contributed by atoms with Crippen molar-refractivity contribution >= 4 is 17.2 Å². The number of nitrogens with one attached hydrogen (secondary N) is 1. The summed E-state index contributed by atoms with van der Waals surface area (Å²) in [5.74, 6) is -0.121. The molecule has 2 aromatic heterocycles. The second-order valence-electron chi connectivity index (χ2n) is 5.96. The zero-order chi connectivity index (χ0) is 16.9. The first kappa shape index (κ1) is 17.1. The van der Waals surface area contributed by atoms with Gasteiger partial charge in [-0.1, -0.05) is 0 Å². The van der Waals surface area contributed by atoms with E-state index in [0.717, 1.165) is 30.3 Å². The highest BCUT2D eigenvalue weighted by Gasteiger charge is 2.28. The van der Waals surface area contributed by atoms with E-state index < -0.39 is 0 Å². The van der Waals surface area contributed by atoms with Crippen LogP contribution in [0.1, 0.15) is 23.3 Å². The average Bonchev–Trinajstić information content (AvgIpc) is 3.13. The van der Waals surface area contributed by atoms with Crippen molar-refractivity contribution in [1.29, 1.82) is 0 Å². The van der Waals surface area contributed by atoms with Gasteiger partial charge in [0.25, 0.3) is 5.91 Å². The number of hydrogen-bond acceptors (Lipinski definition) is 6. The summed E-state index contributed by atoms with van der Waals surface area (Å²) in [6.45, 7) is 3.11. The van der Waals surface area contributed by atoms with Gasteiger partial charge >= 0.3 is 0 Å². The Hall–Kier alpha value is -1.77. The fourth-order valence-electron chi connectivity index (χ4n) is 2.57.